The fourth-order valence-corrected chi connectivity index (χ4v) is 2.59. The highest BCUT2D eigenvalue weighted by atomic mass is 32.1. The number of aromatic nitrogens is 1. The molecule has 0 unspecified atom stereocenters. The number of benzene rings is 1. The molecular weight excluding hydrogens is 298 g/mol. The first-order valence-corrected chi connectivity index (χ1v) is 8.21. The number of rotatable bonds is 7. The molecule has 0 aliphatic carbocycles. The van der Waals surface area contributed by atoms with Crippen LogP contribution in [0.5, 0.6) is 5.75 Å². The van der Waals surface area contributed by atoms with Gasteiger partial charge in [-0.05, 0) is 37.6 Å². The van der Waals surface area contributed by atoms with Crippen molar-refractivity contribution in [1.82, 2.24) is 10.3 Å². The zero-order valence-electron chi connectivity index (χ0n) is 12.8. The van der Waals surface area contributed by atoms with Crippen LogP contribution < -0.4 is 15.8 Å². The van der Waals surface area contributed by atoms with Gasteiger partial charge < -0.3 is 15.8 Å². The maximum Gasteiger partial charge on any atom is 0.271 e. The molecule has 1 atom stereocenters. The smallest absolute Gasteiger partial charge is 0.271 e. The average Bonchev–Trinajstić information content (AvgIpc) is 3.03. The first kappa shape index (κ1) is 16.5. The van der Waals surface area contributed by atoms with E-state index in [9.17, 15) is 4.79 Å². The summed E-state index contributed by atoms with van der Waals surface area (Å²) in [6.07, 6.45) is 0.980. The van der Waals surface area contributed by atoms with E-state index in [1.54, 1.807) is 5.38 Å². The Bertz CT molecular complexity index is 610. The molecular formula is C16H21N3O2S. The number of carbonyl (C=O) groups excluding carboxylic acids is 1. The summed E-state index contributed by atoms with van der Waals surface area (Å²) >= 11 is 1.45. The summed E-state index contributed by atoms with van der Waals surface area (Å²) in [6.45, 7) is 5.05. The summed E-state index contributed by atoms with van der Waals surface area (Å²) in [7, 11) is 0. The van der Waals surface area contributed by atoms with Gasteiger partial charge in [0.05, 0.1) is 6.61 Å². The van der Waals surface area contributed by atoms with Gasteiger partial charge in [-0.1, -0.05) is 6.92 Å². The molecule has 0 aliphatic rings. The van der Waals surface area contributed by atoms with E-state index in [1.807, 2.05) is 31.2 Å². The Morgan fingerprint density at radius 1 is 1.41 bits per heavy atom. The van der Waals surface area contributed by atoms with Crippen LogP contribution >= 0.6 is 11.3 Å². The Balaban J connectivity index is 2.06. The molecule has 0 saturated carbocycles. The normalized spacial score (nSPS) is 12.0. The zero-order chi connectivity index (χ0) is 15.9. The quantitative estimate of drug-likeness (QED) is 0.822. The van der Waals surface area contributed by atoms with Crippen LogP contribution in [-0.2, 0) is 0 Å². The summed E-state index contributed by atoms with van der Waals surface area (Å²) in [5.74, 6) is 0.653. The van der Waals surface area contributed by atoms with E-state index in [4.69, 9.17) is 10.5 Å². The molecule has 0 aliphatic heterocycles. The molecule has 0 spiro atoms. The minimum absolute atomic E-state index is 0.0624. The summed E-state index contributed by atoms with van der Waals surface area (Å²) in [6, 6.07) is 7.68. The zero-order valence-corrected chi connectivity index (χ0v) is 13.7. The van der Waals surface area contributed by atoms with E-state index in [1.165, 1.54) is 11.3 Å². The monoisotopic (exact) mass is 319 g/mol. The van der Waals surface area contributed by atoms with E-state index in [2.05, 4.69) is 17.2 Å². The molecule has 1 aromatic carbocycles. The molecule has 1 amide bonds. The largest absolute Gasteiger partial charge is 0.494 e. The Kier molecular flexibility index (Phi) is 5.91. The second-order valence-electron chi connectivity index (χ2n) is 5.02. The van der Waals surface area contributed by atoms with E-state index < -0.39 is 0 Å². The van der Waals surface area contributed by atoms with Gasteiger partial charge in [-0.3, -0.25) is 4.79 Å². The molecule has 0 fully saturated rings. The number of hydrogen-bond acceptors (Lipinski definition) is 5. The molecule has 2 aromatic rings. The van der Waals surface area contributed by atoms with Crippen molar-refractivity contribution in [3.63, 3.8) is 0 Å². The second kappa shape index (κ2) is 7.91. The van der Waals surface area contributed by atoms with Gasteiger partial charge in [0.1, 0.15) is 16.5 Å². The van der Waals surface area contributed by atoms with Crippen LogP contribution in [0.3, 0.4) is 0 Å². The van der Waals surface area contributed by atoms with Gasteiger partial charge in [-0.25, -0.2) is 4.98 Å². The highest BCUT2D eigenvalue weighted by molar-refractivity contribution is 7.13. The highest BCUT2D eigenvalue weighted by Gasteiger charge is 2.13. The summed E-state index contributed by atoms with van der Waals surface area (Å²) < 4.78 is 5.55. The summed E-state index contributed by atoms with van der Waals surface area (Å²) in [4.78, 5) is 16.4. The van der Waals surface area contributed by atoms with Crippen LogP contribution in [0, 0.1) is 0 Å². The fourth-order valence-electron chi connectivity index (χ4n) is 1.78. The third kappa shape index (κ3) is 4.29. The molecule has 0 saturated heterocycles. The number of amides is 1. The lowest BCUT2D eigenvalue weighted by Crippen LogP contribution is -2.37. The lowest BCUT2D eigenvalue weighted by molar-refractivity contribution is 0.0937. The van der Waals surface area contributed by atoms with Crippen molar-refractivity contribution in [1.29, 1.82) is 0 Å². The number of nitrogens with zero attached hydrogens (tertiary/aromatic N) is 1. The first-order chi connectivity index (χ1) is 10.6. The number of nitrogens with two attached hydrogens (primary N) is 1. The molecule has 3 N–H and O–H groups in total. The Hall–Kier alpha value is -1.92. The average molecular weight is 319 g/mol. The summed E-state index contributed by atoms with van der Waals surface area (Å²) in [5.41, 5.74) is 6.89. The van der Waals surface area contributed by atoms with E-state index >= 15 is 0 Å². The Morgan fingerprint density at radius 3 is 2.77 bits per heavy atom. The number of carbonyl (C=O) groups is 1. The second-order valence-corrected chi connectivity index (χ2v) is 5.88. The first-order valence-electron chi connectivity index (χ1n) is 7.33. The van der Waals surface area contributed by atoms with Crippen molar-refractivity contribution >= 4 is 17.2 Å². The fraction of sp³-hybridized carbons (Fsp3) is 0.375. The predicted molar refractivity (Wildman–Crippen MR) is 89.3 cm³/mol. The number of ether oxygens (including phenoxy) is 1. The number of nitrogens with one attached hydrogen (secondary N) is 1. The molecule has 2 rings (SSSR count). The molecule has 1 heterocycles. The van der Waals surface area contributed by atoms with Crippen molar-refractivity contribution in [2.24, 2.45) is 5.73 Å². The minimum Gasteiger partial charge on any atom is -0.494 e. The number of hydrogen-bond donors (Lipinski definition) is 2. The van der Waals surface area contributed by atoms with Crippen molar-refractivity contribution in [3.05, 3.63) is 35.3 Å². The Labute approximate surface area is 134 Å². The third-order valence-electron chi connectivity index (χ3n) is 3.04. The standard InChI is InChI=1S/C16H21N3O2S/c1-3-8-21-13-6-4-12(5-7-13)16-19-14(10-22-16)15(20)18-11(2)9-17/h4-7,10-11H,3,8-9,17H2,1-2H3,(H,18,20)/t11-/m0/s1. The maximum absolute atomic E-state index is 12.0. The van der Waals surface area contributed by atoms with Crippen molar-refractivity contribution in [2.75, 3.05) is 13.2 Å². The van der Waals surface area contributed by atoms with Gasteiger partial charge in [0.25, 0.3) is 5.91 Å². The SMILES string of the molecule is CCCOc1ccc(-c2nc(C(=O)N[C@@H](C)CN)cs2)cc1. The lowest BCUT2D eigenvalue weighted by Gasteiger charge is -2.09. The van der Waals surface area contributed by atoms with Gasteiger partial charge in [0, 0.05) is 23.5 Å². The molecule has 22 heavy (non-hydrogen) atoms. The lowest BCUT2D eigenvalue weighted by atomic mass is 10.2. The van der Waals surface area contributed by atoms with Crippen molar-refractivity contribution in [3.8, 4) is 16.3 Å². The molecule has 118 valence electrons. The molecule has 0 bridgehead atoms. The van der Waals surface area contributed by atoms with E-state index in [0.29, 0.717) is 18.8 Å². The van der Waals surface area contributed by atoms with Crippen LogP contribution in [0.1, 0.15) is 30.8 Å². The van der Waals surface area contributed by atoms with Crippen LogP contribution in [0.2, 0.25) is 0 Å². The minimum atomic E-state index is -0.191. The van der Waals surface area contributed by atoms with Crippen molar-refractivity contribution < 1.29 is 9.53 Å². The van der Waals surface area contributed by atoms with Gasteiger partial charge in [-0.15, -0.1) is 11.3 Å². The van der Waals surface area contributed by atoms with Crippen LogP contribution in [0.15, 0.2) is 29.6 Å². The van der Waals surface area contributed by atoms with E-state index in [0.717, 1.165) is 22.7 Å². The molecule has 0 radical (unpaired) electrons. The highest BCUT2D eigenvalue weighted by Crippen LogP contribution is 2.25. The van der Waals surface area contributed by atoms with Crippen LogP contribution in [-0.4, -0.2) is 30.1 Å². The predicted octanol–water partition coefficient (Wildman–Crippen LogP) is 2.68. The number of thiazole rings is 1. The topological polar surface area (TPSA) is 77.2 Å². The molecule has 6 heteroatoms. The van der Waals surface area contributed by atoms with Crippen LogP contribution in [0.4, 0.5) is 0 Å². The molecule has 5 nitrogen and oxygen atoms in total. The third-order valence-corrected chi connectivity index (χ3v) is 3.93. The Morgan fingerprint density at radius 2 is 2.14 bits per heavy atom. The van der Waals surface area contributed by atoms with Gasteiger partial charge in [0.15, 0.2) is 0 Å². The van der Waals surface area contributed by atoms with Gasteiger partial charge >= 0.3 is 0 Å². The summed E-state index contributed by atoms with van der Waals surface area (Å²) in [5, 5.41) is 5.38. The van der Waals surface area contributed by atoms with Gasteiger partial charge in [0.2, 0.25) is 0 Å². The van der Waals surface area contributed by atoms with Crippen LogP contribution in [0.25, 0.3) is 10.6 Å². The molecule has 1 aromatic heterocycles. The van der Waals surface area contributed by atoms with Crippen molar-refractivity contribution in [2.45, 2.75) is 26.3 Å². The van der Waals surface area contributed by atoms with Gasteiger partial charge in [-0.2, -0.15) is 0 Å². The maximum atomic E-state index is 12.0. The van der Waals surface area contributed by atoms with E-state index in [-0.39, 0.29) is 11.9 Å².